The Morgan fingerprint density at radius 1 is 1.00 bits per heavy atom. The summed E-state index contributed by atoms with van der Waals surface area (Å²) < 4.78 is 13.4. The Hall–Kier alpha value is -2.49. The van der Waals surface area contributed by atoms with Gasteiger partial charge in [-0.15, -0.1) is 0 Å². The predicted octanol–water partition coefficient (Wildman–Crippen LogP) is 3.11. The molecular weight excluding hydrogens is 252 g/mol. The number of hydrogen-bond donors (Lipinski definition) is 0. The van der Waals surface area contributed by atoms with Crippen molar-refractivity contribution in [3.8, 4) is 17.2 Å². The highest BCUT2D eigenvalue weighted by molar-refractivity contribution is 5.82. The van der Waals surface area contributed by atoms with Crippen LogP contribution in [0.4, 0.5) is 0 Å². The zero-order valence-corrected chi connectivity index (χ0v) is 11.2. The van der Waals surface area contributed by atoms with Crippen LogP contribution in [0, 0.1) is 6.92 Å². The molecule has 0 unspecified atom stereocenters. The zero-order valence-electron chi connectivity index (χ0n) is 11.2. The van der Waals surface area contributed by atoms with Gasteiger partial charge in [0.05, 0.1) is 11.0 Å². The summed E-state index contributed by atoms with van der Waals surface area (Å²) in [5.74, 6) is 2.52. The monoisotopic (exact) mass is 266 g/mol. The van der Waals surface area contributed by atoms with Gasteiger partial charge in [0.25, 0.3) is 0 Å². The van der Waals surface area contributed by atoms with E-state index in [1.165, 1.54) is 0 Å². The second-order valence-corrected chi connectivity index (χ2v) is 4.81. The van der Waals surface area contributed by atoms with E-state index in [2.05, 4.69) is 21.7 Å². The number of aromatic nitrogens is 2. The summed E-state index contributed by atoms with van der Waals surface area (Å²) >= 11 is 0. The molecule has 2 heterocycles. The molecule has 20 heavy (non-hydrogen) atoms. The molecule has 1 aliphatic rings. The third-order valence-electron chi connectivity index (χ3n) is 3.50. The zero-order chi connectivity index (χ0) is 13.5. The molecule has 4 nitrogen and oxygen atoms in total. The third-order valence-corrected chi connectivity index (χ3v) is 3.50. The molecule has 3 aromatic rings. The maximum Gasteiger partial charge on any atom is 0.163 e. The van der Waals surface area contributed by atoms with E-state index in [0.717, 1.165) is 34.0 Å². The van der Waals surface area contributed by atoms with Gasteiger partial charge in [-0.2, -0.15) is 0 Å². The number of benzene rings is 2. The molecule has 4 heteroatoms. The van der Waals surface area contributed by atoms with Crippen molar-refractivity contribution in [3.63, 3.8) is 0 Å². The Kier molecular flexibility index (Phi) is 2.42. The summed E-state index contributed by atoms with van der Waals surface area (Å²) in [4.78, 5) is 4.63. The Balaban J connectivity index is 1.99. The average molecular weight is 266 g/mol. The first-order valence-corrected chi connectivity index (χ1v) is 6.67. The van der Waals surface area contributed by atoms with E-state index < -0.39 is 0 Å². The third kappa shape index (κ3) is 1.65. The first-order valence-electron chi connectivity index (χ1n) is 6.67. The van der Waals surface area contributed by atoms with E-state index in [1.54, 1.807) is 0 Å². The van der Waals surface area contributed by atoms with Crippen molar-refractivity contribution >= 4 is 11.0 Å². The molecule has 2 aromatic carbocycles. The van der Waals surface area contributed by atoms with Crippen molar-refractivity contribution in [2.75, 3.05) is 13.2 Å². The van der Waals surface area contributed by atoms with E-state index in [-0.39, 0.29) is 0 Å². The fraction of sp³-hybridized carbons (Fsp3) is 0.188. The van der Waals surface area contributed by atoms with E-state index in [0.29, 0.717) is 13.2 Å². The lowest BCUT2D eigenvalue weighted by molar-refractivity contribution is 0.172. The predicted molar refractivity (Wildman–Crippen MR) is 76.8 cm³/mol. The molecule has 0 bridgehead atoms. The normalized spacial score (nSPS) is 13.7. The van der Waals surface area contributed by atoms with Crippen LogP contribution in [0.25, 0.3) is 16.7 Å². The number of ether oxygens (including phenoxy) is 2. The van der Waals surface area contributed by atoms with Crippen molar-refractivity contribution in [1.82, 2.24) is 9.55 Å². The number of rotatable bonds is 1. The van der Waals surface area contributed by atoms with Crippen LogP contribution in [-0.2, 0) is 0 Å². The molecule has 0 saturated heterocycles. The number of aryl methyl sites for hydroxylation is 1. The molecule has 0 spiro atoms. The Morgan fingerprint density at radius 2 is 1.70 bits per heavy atom. The van der Waals surface area contributed by atoms with Gasteiger partial charge in [0.2, 0.25) is 0 Å². The number of fused-ring (bicyclic) bond motifs is 2. The highest BCUT2D eigenvalue weighted by Gasteiger charge is 2.17. The summed E-state index contributed by atoms with van der Waals surface area (Å²) in [7, 11) is 0. The second kappa shape index (κ2) is 4.27. The van der Waals surface area contributed by atoms with Gasteiger partial charge in [0, 0.05) is 17.8 Å². The van der Waals surface area contributed by atoms with Crippen molar-refractivity contribution in [2.24, 2.45) is 0 Å². The maximum absolute atomic E-state index is 5.67. The van der Waals surface area contributed by atoms with E-state index in [1.807, 2.05) is 37.3 Å². The van der Waals surface area contributed by atoms with Gasteiger partial charge in [-0.05, 0) is 19.1 Å². The largest absolute Gasteiger partial charge is 0.486 e. The summed E-state index contributed by atoms with van der Waals surface area (Å²) in [6, 6.07) is 14.2. The summed E-state index contributed by atoms with van der Waals surface area (Å²) in [5, 5.41) is 0. The SMILES string of the molecule is Cc1nc2cc3c(cc2n1-c1ccccc1)OCCO3. The van der Waals surface area contributed by atoms with Crippen LogP contribution in [0.2, 0.25) is 0 Å². The molecule has 0 N–H and O–H groups in total. The van der Waals surface area contributed by atoms with E-state index in [9.17, 15) is 0 Å². The molecule has 100 valence electrons. The Labute approximate surface area is 116 Å². The fourth-order valence-corrected chi connectivity index (χ4v) is 2.64. The number of nitrogens with zero attached hydrogens (tertiary/aromatic N) is 2. The van der Waals surface area contributed by atoms with E-state index in [4.69, 9.17) is 9.47 Å². The summed E-state index contributed by atoms with van der Waals surface area (Å²) in [5.41, 5.74) is 3.07. The molecule has 0 fully saturated rings. The van der Waals surface area contributed by atoms with Crippen LogP contribution in [0.15, 0.2) is 42.5 Å². The van der Waals surface area contributed by atoms with Gasteiger partial charge in [0.15, 0.2) is 11.5 Å². The Bertz CT molecular complexity index is 778. The first-order chi connectivity index (χ1) is 9.83. The summed E-state index contributed by atoms with van der Waals surface area (Å²) in [6.07, 6.45) is 0. The van der Waals surface area contributed by atoms with Crippen molar-refractivity contribution in [3.05, 3.63) is 48.3 Å². The van der Waals surface area contributed by atoms with Gasteiger partial charge < -0.3 is 9.47 Å². The van der Waals surface area contributed by atoms with Crippen molar-refractivity contribution < 1.29 is 9.47 Å². The van der Waals surface area contributed by atoms with Gasteiger partial charge in [-0.1, -0.05) is 18.2 Å². The van der Waals surface area contributed by atoms with Crippen LogP contribution in [0.5, 0.6) is 11.5 Å². The van der Waals surface area contributed by atoms with Crippen molar-refractivity contribution in [1.29, 1.82) is 0 Å². The first kappa shape index (κ1) is 11.3. The number of para-hydroxylation sites is 1. The molecule has 4 rings (SSSR count). The maximum atomic E-state index is 5.67. The topological polar surface area (TPSA) is 36.3 Å². The number of hydrogen-bond acceptors (Lipinski definition) is 3. The quantitative estimate of drug-likeness (QED) is 0.679. The average Bonchev–Trinajstić information content (AvgIpc) is 2.80. The molecule has 0 aliphatic carbocycles. The van der Waals surface area contributed by atoms with Crippen LogP contribution >= 0.6 is 0 Å². The second-order valence-electron chi connectivity index (χ2n) is 4.81. The highest BCUT2D eigenvalue weighted by Crippen LogP contribution is 2.35. The minimum absolute atomic E-state index is 0.594. The lowest BCUT2D eigenvalue weighted by atomic mass is 10.2. The smallest absolute Gasteiger partial charge is 0.163 e. The molecule has 0 atom stereocenters. The number of imidazole rings is 1. The molecular formula is C16H14N2O2. The standard InChI is InChI=1S/C16H14N2O2/c1-11-17-13-9-15-16(20-8-7-19-15)10-14(13)18(11)12-5-3-2-4-6-12/h2-6,9-10H,7-8H2,1H3. The molecule has 1 aromatic heterocycles. The molecule has 0 amide bonds. The summed E-state index contributed by atoms with van der Waals surface area (Å²) in [6.45, 7) is 3.20. The van der Waals surface area contributed by atoms with Gasteiger partial charge in [-0.25, -0.2) is 4.98 Å². The lowest BCUT2D eigenvalue weighted by Crippen LogP contribution is -2.15. The van der Waals surface area contributed by atoms with E-state index >= 15 is 0 Å². The minimum Gasteiger partial charge on any atom is -0.486 e. The highest BCUT2D eigenvalue weighted by atomic mass is 16.6. The Morgan fingerprint density at radius 3 is 2.45 bits per heavy atom. The molecule has 0 saturated carbocycles. The van der Waals surface area contributed by atoms with Gasteiger partial charge in [0.1, 0.15) is 19.0 Å². The fourth-order valence-electron chi connectivity index (χ4n) is 2.64. The molecule has 1 aliphatic heterocycles. The minimum atomic E-state index is 0.594. The van der Waals surface area contributed by atoms with Gasteiger partial charge in [-0.3, -0.25) is 4.57 Å². The van der Waals surface area contributed by atoms with Crippen LogP contribution in [-0.4, -0.2) is 22.8 Å². The van der Waals surface area contributed by atoms with Crippen molar-refractivity contribution in [2.45, 2.75) is 6.92 Å². The van der Waals surface area contributed by atoms with Crippen LogP contribution < -0.4 is 9.47 Å². The van der Waals surface area contributed by atoms with Crippen LogP contribution in [0.1, 0.15) is 5.82 Å². The lowest BCUT2D eigenvalue weighted by Gasteiger charge is -2.18. The van der Waals surface area contributed by atoms with Gasteiger partial charge >= 0.3 is 0 Å². The van der Waals surface area contributed by atoms with Crippen LogP contribution in [0.3, 0.4) is 0 Å². The molecule has 0 radical (unpaired) electrons.